The summed E-state index contributed by atoms with van der Waals surface area (Å²) in [5.41, 5.74) is 0.935. The SMILES string of the molecule is CC(=O)c1ccc(OCC(=O)Oc2ccc(N(C)S(=O)(=O)c3ccc(Cl)cc3)cc2)cc1. The maximum absolute atomic E-state index is 12.7. The number of hydrogen-bond acceptors (Lipinski definition) is 6. The Morgan fingerprint density at radius 2 is 1.44 bits per heavy atom. The van der Waals surface area contributed by atoms with Crippen molar-refractivity contribution in [2.75, 3.05) is 18.0 Å². The molecule has 0 bridgehead atoms. The predicted octanol–water partition coefficient (Wildman–Crippen LogP) is 4.35. The van der Waals surface area contributed by atoms with E-state index >= 15 is 0 Å². The van der Waals surface area contributed by atoms with Gasteiger partial charge in [0.15, 0.2) is 12.4 Å². The average molecular weight is 474 g/mol. The second kappa shape index (κ2) is 9.84. The number of carbonyl (C=O) groups is 2. The number of anilines is 1. The topological polar surface area (TPSA) is 90.0 Å². The van der Waals surface area contributed by atoms with Crippen molar-refractivity contribution in [3.63, 3.8) is 0 Å². The smallest absolute Gasteiger partial charge is 0.349 e. The number of rotatable bonds is 8. The van der Waals surface area contributed by atoms with Crippen LogP contribution in [-0.4, -0.2) is 33.8 Å². The predicted molar refractivity (Wildman–Crippen MR) is 121 cm³/mol. The Kier molecular flexibility index (Phi) is 7.17. The van der Waals surface area contributed by atoms with Crippen LogP contribution in [0.2, 0.25) is 5.02 Å². The molecule has 9 heteroatoms. The van der Waals surface area contributed by atoms with Crippen molar-refractivity contribution in [1.82, 2.24) is 0 Å². The number of sulfonamides is 1. The fourth-order valence-electron chi connectivity index (χ4n) is 2.72. The first kappa shape index (κ1) is 23.3. The molecule has 0 aliphatic heterocycles. The van der Waals surface area contributed by atoms with Crippen LogP contribution in [-0.2, 0) is 14.8 Å². The molecule has 0 radical (unpaired) electrons. The van der Waals surface area contributed by atoms with Crippen LogP contribution in [0, 0.1) is 0 Å². The van der Waals surface area contributed by atoms with Gasteiger partial charge in [0.25, 0.3) is 10.0 Å². The zero-order valence-corrected chi connectivity index (χ0v) is 18.9. The van der Waals surface area contributed by atoms with Gasteiger partial charge in [0.05, 0.1) is 10.6 Å². The highest BCUT2D eigenvalue weighted by atomic mass is 35.5. The van der Waals surface area contributed by atoms with Gasteiger partial charge < -0.3 is 9.47 Å². The molecule has 0 aliphatic rings. The minimum absolute atomic E-state index is 0.0639. The van der Waals surface area contributed by atoms with E-state index in [1.807, 2.05) is 0 Å². The number of hydrogen-bond donors (Lipinski definition) is 0. The van der Waals surface area contributed by atoms with E-state index in [0.29, 0.717) is 22.0 Å². The van der Waals surface area contributed by atoms with E-state index < -0.39 is 16.0 Å². The average Bonchev–Trinajstić information content (AvgIpc) is 2.78. The van der Waals surface area contributed by atoms with Crippen LogP contribution >= 0.6 is 11.6 Å². The third kappa shape index (κ3) is 5.66. The third-order valence-corrected chi connectivity index (χ3v) is 6.57. The summed E-state index contributed by atoms with van der Waals surface area (Å²) in [4.78, 5) is 23.4. The number of benzene rings is 3. The van der Waals surface area contributed by atoms with Gasteiger partial charge in [-0.15, -0.1) is 0 Å². The van der Waals surface area contributed by atoms with Crippen molar-refractivity contribution in [2.45, 2.75) is 11.8 Å². The lowest BCUT2D eigenvalue weighted by Gasteiger charge is -2.19. The maximum Gasteiger partial charge on any atom is 0.349 e. The zero-order valence-electron chi connectivity index (χ0n) is 17.3. The molecule has 0 saturated carbocycles. The van der Waals surface area contributed by atoms with Crippen molar-refractivity contribution in [3.8, 4) is 11.5 Å². The fraction of sp³-hybridized carbons (Fsp3) is 0.130. The van der Waals surface area contributed by atoms with Crippen molar-refractivity contribution in [3.05, 3.63) is 83.4 Å². The van der Waals surface area contributed by atoms with Crippen molar-refractivity contribution < 1.29 is 27.5 Å². The van der Waals surface area contributed by atoms with Gasteiger partial charge in [-0.2, -0.15) is 0 Å². The van der Waals surface area contributed by atoms with E-state index in [9.17, 15) is 18.0 Å². The van der Waals surface area contributed by atoms with Crippen molar-refractivity contribution in [1.29, 1.82) is 0 Å². The molecule has 3 rings (SSSR count). The summed E-state index contributed by atoms with van der Waals surface area (Å²) in [6.45, 7) is 1.13. The fourth-order valence-corrected chi connectivity index (χ4v) is 4.04. The molecule has 3 aromatic rings. The van der Waals surface area contributed by atoms with E-state index in [1.54, 1.807) is 24.3 Å². The van der Waals surface area contributed by atoms with Crippen LogP contribution < -0.4 is 13.8 Å². The van der Waals surface area contributed by atoms with Crippen LogP contribution in [0.5, 0.6) is 11.5 Å². The van der Waals surface area contributed by atoms with Crippen LogP contribution in [0.4, 0.5) is 5.69 Å². The molecule has 32 heavy (non-hydrogen) atoms. The molecule has 0 spiro atoms. The number of esters is 1. The largest absolute Gasteiger partial charge is 0.482 e. The Morgan fingerprint density at radius 1 is 0.875 bits per heavy atom. The van der Waals surface area contributed by atoms with Crippen LogP contribution in [0.3, 0.4) is 0 Å². The molecule has 0 saturated heterocycles. The zero-order chi connectivity index (χ0) is 23.3. The number of halogens is 1. The van der Waals surface area contributed by atoms with E-state index in [0.717, 1.165) is 4.31 Å². The quantitative estimate of drug-likeness (QED) is 0.274. The summed E-state index contributed by atoms with van der Waals surface area (Å²) in [6, 6.07) is 18.3. The highest BCUT2D eigenvalue weighted by molar-refractivity contribution is 7.92. The van der Waals surface area contributed by atoms with Crippen LogP contribution in [0.15, 0.2) is 77.7 Å². The molecule has 0 aliphatic carbocycles. The van der Waals surface area contributed by atoms with Crippen LogP contribution in [0.25, 0.3) is 0 Å². The van der Waals surface area contributed by atoms with Gasteiger partial charge in [0.2, 0.25) is 0 Å². The Balaban J connectivity index is 1.59. The van der Waals surface area contributed by atoms with Gasteiger partial charge in [0.1, 0.15) is 11.5 Å². The standard InChI is InChI=1S/C23H20ClNO6S/c1-16(26)17-3-9-20(10-4-17)30-15-23(27)31-21-11-7-19(8-12-21)25(2)32(28,29)22-13-5-18(24)6-14-22/h3-14H,15H2,1-2H3. The summed E-state index contributed by atoms with van der Waals surface area (Å²) in [6.07, 6.45) is 0. The summed E-state index contributed by atoms with van der Waals surface area (Å²) < 4.78 is 37.2. The second-order valence-electron chi connectivity index (χ2n) is 6.76. The van der Waals surface area contributed by atoms with Gasteiger partial charge in [-0.1, -0.05) is 11.6 Å². The normalized spacial score (nSPS) is 11.0. The molecule has 166 valence electrons. The molecule has 0 unspecified atom stereocenters. The maximum atomic E-state index is 12.7. The molecule has 7 nitrogen and oxygen atoms in total. The third-order valence-electron chi connectivity index (χ3n) is 4.52. The minimum atomic E-state index is -3.77. The number of ether oxygens (including phenoxy) is 2. The van der Waals surface area contributed by atoms with Crippen LogP contribution in [0.1, 0.15) is 17.3 Å². The van der Waals surface area contributed by atoms with Gasteiger partial charge >= 0.3 is 5.97 Å². The van der Waals surface area contributed by atoms with Crippen molar-refractivity contribution in [2.24, 2.45) is 0 Å². The summed E-state index contributed by atoms with van der Waals surface area (Å²) in [7, 11) is -2.34. The first-order chi connectivity index (χ1) is 15.2. The van der Waals surface area contributed by atoms with Gasteiger partial charge in [-0.05, 0) is 79.7 Å². The molecule has 0 aromatic heterocycles. The lowest BCUT2D eigenvalue weighted by molar-refractivity contribution is -0.136. The highest BCUT2D eigenvalue weighted by Crippen LogP contribution is 2.25. The lowest BCUT2D eigenvalue weighted by Crippen LogP contribution is -2.26. The first-order valence-corrected chi connectivity index (χ1v) is 11.3. The first-order valence-electron chi connectivity index (χ1n) is 9.46. The molecule has 0 amide bonds. The number of carbonyl (C=O) groups excluding carboxylic acids is 2. The van der Waals surface area contributed by atoms with Gasteiger partial charge in [0, 0.05) is 17.6 Å². The van der Waals surface area contributed by atoms with Gasteiger partial charge in [-0.3, -0.25) is 9.10 Å². The molecular formula is C23H20ClNO6S. The number of nitrogens with zero attached hydrogens (tertiary/aromatic N) is 1. The highest BCUT2D eigenvalue weighted by Gasteiger charge is 2.21. The van der Waals surface area contributed by atoms with Gasteiger partial charge in [-0.25, -0.2) is 13.2 Å². The summed E-state index contributed by atoms with van der Waals surface area (Å²) in [5, 5.41) is 0.440. The molecule has 0 atom stereocenters. The molecule has 0 N–H and O–H groups in total. The molecular weight excluding hydrogens is 454 g/mol. The van der Waals surface area contributed by atoms with E-state index in [-0.39, 0.29) is 23.0 Å². The number of Topliss-reactive ketones (excluding diaryl/α,β-unsaturated/α-hetero) is 1. The Bertz CT molecular complexity index is 1210. The Hall–Kier alpha value is -3.36. The minimum Gasteiger partial charge on any atom is -0.482 e. The second-order valence-corrected chi connectivity index (χ2v) is 9.17. The van der Waals surface area contributed by atoms with E-state index in [4.69, 9.17) is 21.1 Å². The Morgan fingerprint density at radius 3 is 2.00 bits per heavy atom. The monoisotopic (exact) mass is 473 g/mol. The summed E-state index contributed by atoms with van der Waals surface area (Å²) in [5.74, 6) is -0.0237. The van der Waals surface area contributed by atoms with E-state index in [2.05, 4.69) is 0 Å². The summed E-state index contributed by atoms with van der Waals surface area (Å²) >= 11 is 5.82. The molecule has 3 aromatic carbocycles. The van der Waals surface area contributed by atoms with E-state index in [1.165, 1.54) is 62.5 Å². The lowest BCUT2D eigenvalue weighted by atomic mass is 10.1. The molecule has 0 fully saturated rings. The number of ketones is 1. The molecule has 0 heterocycles. The van der Waals surface area contributed by atoms with Crippen molar-refractivity contribution >= 4 is 39.1 Å². The Labute approximate surface area is 191 Å².